The molecular weight excluding hydrogens is 368 g/mol. The zero-order valence-electron chi connectivity index (χ0n) is 15.0. The van der Waals surface area contributed by atoms with Gasteiger partial charge in [-0.25, -0.2) is 0 Å². The number of nitrogens with zero attached hydrogens (tertiary/aromatic N) is 2. The van der Waals surface area contributed by atoms with Gasteiger partial charge in [0.15, 0.2) is 0 Å². The molecule has 140 valence electrons. The maximum Gasteiger partial charge on any atom is 0.306 e. The lowest BCUT2D eigenvalue weighted by Gasteiger charge is -2.40. The van der Waals surface area contributed by atoms with E-state index in [0.717, 1.165) is 12.8 Å². The standard InChI is InChI=1S/C20H19ClN2O4/c1-11(20(25)26)14-5-6-17(14)23-10-18(27-2)16(8-19(23)24)15-7-13(21)4-3-12(15)9-22/h3-4,7-8,10-11,14,17H,5-6H2,1-2H3,(H,25,26). The zero-order valence-corrected chi connectivity index (χ0v) is 15.7. The number of benzene rings is 1. The van der Waals surface area contributed by atoms with Gasteiger partial charge in [-0.2, -0.15) is 5.26 Å². The van der Waals surface area contributed by atoms with Gasteiger partial charge < -0.3 is 14.4 Å². The monoisotopic (exact) mass is 386 g/mol. The molecule has 3 atom stereocenters. The summed E-state index contributed by atoms with van der Waals surface area (Å²) >= 11 is 6.07. The summed E-state index contributed by atoms with van der Waals surface area (Å²) in [5, 5.41) is 19.1. The van der Waals surface area contributed by atoms with Crippen LogP contribution in [0.3, 0.4) is 0 Å². The van der Waals surface area contributed by atoms with E-state index < -0.39 is 11.9 Å². The number of nitriles is 1. The summed E-state index contributed by atoms with van der Waals surface area (Å²) in [5.74, 6) is -1.06. The van der Waals surface area contributed by atoms with E-state index in [1.165, 1.54) is 13.2 Å². The van der Waals surface area contributed by atoms with Gasteiger partial charge in [-0.05, 0) is 37.0 Å². The van der Waals surface area contributed by atoms with E-state index in [4.69, 9.17) is 16.3 Å². The largest absolute Gasteiger partial charge is 0.495 e. The molecule has 1 aliphatic carbocycles. The van der Waals surface area contributed by atoms with Crippen molar-refractivity contribution in [2.75, 3.05) is 7.11 Å². The number of aromatic nitrogens is 1. The van der Waals surface area contributed by atoms with Gasteiger partial charge in [0.05, 0.1) is 30.9 Å². The van der Waals surface area contributed by atoms with Crippen LogP contribution >= 0.6 is 11.6 Å². The van der Waals surface area contributed by atoms with Crippen molar-refractivity contribution in [2.24, 2.45) is 11.8 Å². The molecule has 3 unspecified atom stereocenters. The molecule has 3 rings (SSSR count). The predicted octanol–water partition coefficient (Wildman–Crippen LogP) is 3.72. The first-order valence-corrected chi connectivity index (χ1v) is 8.98. The molecule has 6 nitrogen and oxygen atoms in total. The number of ether oxygens (including phenoxy) is 1. The highest BCUT2D eigenvalue weighted by molar-refractivity contribution is 6.31. The molecule has 1 fully saturated rings. The van der Waals surface area contributed by atoms with E-state index in [0.29, 0.717) is 27.5 Å². The topological polar surface area (TPSA) is 92.3 Å². The van der Waals surface area contributed by atoms with E-state index in [9.17, 15) is 20.0 Å². The van der Waals surface area contributed by atoms with Crippen LogP contribution in [0.1, 0.15) is 31.4 Å². The first-order chi connectivity index (χ1) is 12.9. The van der Waals surface area contributed by atoms with Gasteiger partial charge in [0, 0.05) is 28.3 Å². The highest BCUT2D eigenvalue weighted by atomic mass is 35.5. The third-order valence-electron chi connectivity index (χ3n) is 5.34. The number of aliphatic carboxylic acids is 1. The number of hydrogen-bond donors (Lipinski definition) is 1. The molecule has 1 N–H and O–H groups in total. The third-order valence-corrected chi connectivity index (χ3v) is 5.57. The first kappa shape index (κ1) is 19.0. The van der Waals surface area contributed by atoms with Gasteiger partial charge >= 0.3 is 5.97 Å². The summed E-state index contributed by atoms with van der Waals surface area (Å²) < 4.78 is 7.02. The fourth-order valence-corrected chi connectivity index (χ4v) is 3.79. The zero-order chi connectivity index (χ0) is 19.7. The van der Waals surface area contributed by atoms with E-state index in [-0.39, 0.29) is 17.5 Å². The molecule has 0 spiro atoms. The number of carboxylic acid groups (broad SMARTS) is 1. The highest BCUT2D eigenvalue weighted by Crippen LogP contribution is 2.44. The number of rotatable bonds is 5. The lowest BCUT2D eigenvalue weighted by Crippen LogP contribution is -2.40. The van der Waals surface area contributed by atoms with Crippen LogP contribution < -0.4 is 10.3 Å². The molecule has 1 saturated carbocycles. The van der Waals surface area contributed by atoms with Gasteiger partial charge in [0.25, 0.3) is 5.56 Å². The predicted molar refractivity (Wildman–Crippen MR) is 101 cm³/mol. The van der Waals surface area contributed by atoms with Crippen LogP contribution in [0.5, 0.6) is 5.75 Å². The average molecular weight is 387 g/mol. The quantitative estimate of drug-likeness (QED) is 0.845. The molecule has 1 aliphatic rings. The Morgan fingerprint density at radius 1 is 1.37 bits per heavy atom. The van der Waals surface area contributed by atoms with E-state index in [1.54, 1.807) is 35.9 Å². The minimum Gasteiger partial charge on any atom is -0.495 e. The lowest BCUT2D eigenvalue weighted by molar-refractivity contribution is -0.145. The summed E-state index contributed by atoms with van der Waals surface area (Å²) in [6.45, 7) is 1.67. The van der Waals surface area contributed by atoms with Crippen molar-refractivity contribution in [3.05, 3.63) is 51.4 Å². The Bertz CT molecular complexity index is 992. The Hall–Kier alpha value is -2.78. The summed E-state index contributed by atoms with van der Waals surface area (Å²) in [4.78, 5) is 24.1. The minimum atomic E-state index is -0.862. The van der Waals surface area contributed by atoms with Crippen molar-refractivity contribution in [2.45, 2.75) is 25.8 Å². The number of halogens is 1. The van der Waals surface area contributed by atoms with E-state index in [2.05, 4.69) is 6.07 Å². The molecule has 1 heterocycles. The van der Waals surface area contributed by atoms with Crippen LogP contribution in [0, 0.1) is 23.2 Å². The molecule has 0 bridgehead atoms. The first-order valence-electron chi connectivity index (χ1n) is 8.60. The molecule has 1 aromatic carbocycles. The molecule has 0 amide bonds. The van der Waals surface area contributed by atoms with E-state index >= 15 is 0 Å². The minimum absolute atomic E-state index is 0.100. The third kappa shape index (κ3) is 3.43. The van der Waals surface area contributed by atoms with Gasteiger partial charge in [-0.15, -0.1) is 0 Å². The van der Waals surface area contributed by atoms with Crippen LogP contribution in [-0.2, 0) is 4.79 Å². The van der Waals surface area contributed by atoms with Crippen molar-refractivity contribution in [1.82, 2.24) is 4.57 Å². The SMILES string of the molecule is COc1cn(C2CCC2C(C)C(=O)O)c(=O)cc1-c1cc(Cl)ccc1C#N. The van der Waals surface area contributed by atoms with Crippen LogP contribution in [0.4, 0.5) is 0 Å². The fraction of sp³-hybridized carbons (Fsp3) is 0.350. The maximum absolute atomic E-state index is 12.8. The van der Waals surface area contributed by atoms with Crippen LogP contribution in [0.2, 0.25) is 5.02 Å². The van der Waals surface area contributed by atoms with Crippen LogP contribution in [0.25, 0.3) is 11.1 Å². The second kappa shape index (κ2) is 7.45. The summed E-state index contributed by atoms with van der Waals surface area (Å²) in [5.41, 5.74) is 1.13. The normalized spacial score (nSPS) is 19.6. The Morgan fingerprint density at radius 2 is 2.11 bits per heavy atom. The number of hydrogen-bond acceptors (Lipinski definition) is 4. The van der Waals surface area contributed by atoms with Gasteiger partial charge in [-0.3, -0.25) is 9.59 Å². The summed E-state index contributed by atoms with van der Waals surface area (Å²) in [7, 11) is 1.49. The second-order valence-electron chi connectivity index (χ2n) is 6.74. The van der Waals surface area contributed by atoms with Gasteiger partial charge in [-0.1, -0.05) is 18.5 Å². The summed E-state index contributed by atoms with van der Waals surface area (Å²) in [6, 6.07) is 8.18. The number of methoxy groups -OCH3 is 1. The Kier molecular flexibility index (Phi) is 5.24. The van der Waals surface area contributed by atoms with Gasteiger partial charge in [0.1, 0.15) is 5.75 Å². The lowest BCUT2D eigenvalue weighted by atomic mass is 9.72. The molecular formula is C20H19ClN2O4. The summed E-state index contributed by atoms with van der Waals surface area (Å²) in [6.07, 6.45) is 3.11. The molecule has 0 radical (unpaired) electrons. The smallest absolute Gasteiger partial charge is 0.306 e. The van der Waals surface area contributed by atoms with Crippen LogP contribution in [0.15, 0.2) is 35.3 Å². The Labute approximate surface area is 161 Å². The van der Waals surface area contributed by atoms with Crippen molar-refractivity contribution < 1.29 is 14.6 Å². The molecule has 27 heavy (non-hydrogen) atoms. The molecule has 2 aromatic rings. The van der Waals surface area contributed by atoms with Crippen molar-refractivity contribution in [3.8, 4) is 22.9 Å². The van der Waals surface area contributed by atoms with Crippen molar-refractivity contribution in [3.63, 3.8) is 0 Å². The highest BCUT2D eigenvalue weighted by Gasteiger charge is 2.39. The van der Waals surface area contributed by atoms with Crippen LogP contribution in [-0.4, -0.2) is 22.8 Å². The second-order valence-corrected chi connectivity index (χ2v) is 7.17. The molecule has 0 aliphatic heterocycles. The number of carbonyl (C=O) groups is 1. The van der Waals surface area contributed by atoms with E-state index in [1.807, 2.05) is 0 Å². The number of carboxylic acids is 1. The van der Waals surface area contributed by atoms with Gasteiger partial charge in [0.2, 0.25) is 0 Å². The van der Waals surface area contributed by atoms with Crippen molar-refractivity contribution in [1.29, 1.82) is 5.26 Å². The molecule has 1 aromatic heterocycles. The Balaban J connectivity index is 2.08. The Morgan fingerprint density at radius 3 is 2.67 bits per heavy atom. The average Bonchev–Trinajstić information content (AvgIpc) is 2.61. The van der Waals surface area contributed by atoms with Crippen molar-refractivity contribution >= 4 is 17.6 Å². The molecule has 7 heteroatoms. The fourth-order valence-electron chi connectivity index (χ4n) is 3.62. The molecule has 0 saturated heterocycles. The maximum atomic E-state index is 12.8. The number of pyridine rings is 1.